The molecule has 1 amide bonds. The van der Waals surface area contributed by atoms with E-state index in [1.807, 2.05) is 0 Å². The SMILES string of the molecule is CC(C)(C)c1ncc(C(=O)Nc2nc3c(s2)CCCCC3)s1. The number of amides is 1. The Kier molecular flexibility index (Phi) is 4.32. The van der Waals surface area contributed by atoms with Gasteiger partial charge in [0.15, 0.2) is 5.13 Å². The van der Waals surface area contributed by atoms with E-state index in [0.717, 1.165) is 23.0 Å². The minimum absolute atomic E-state index is 0.0261. The third-order valence-corrected chi connectivity index (χ3v) is 6.18. The van der Waals surface area contributed by atoms with Crippen molar-refractivity contribution in [3.63, 3.8) is 0 Å². The zero-order valence-electron chi connectivity index (χ0n) is 13.2. The van der Waals surface area contributed by atoms with Crippen molar-refractivity contribution in [2.75, 3.05) is 5.32 Å². The van der Waals surface area contributed by atoms with Crippen molar-refractivity contribution in [2.45, 2.75) is 58.3 Å². The molecule has 22 heavy (non-hydrogen) atoms. The highest BCUT2D eigenvalue weighted by Crippen LogP contribution is 2.30. The van der Waals surface area contributed by atoms with Crippen LogP contribution in [0.15, 0.2) is 6.20 Å². The van der Waals surface area contributed by atoms with Gasteiger partial charge in [0.25, 0.3) is 5.91 Å². The highest BCUT2D eigenvalue weighted by molar-refractivity contribution is 7.16. The van der Waals surface area contributed by atoms with Crippen molar-refractivity contribution >= 4 is 33.7 Å². The van der Waals surface area contributed by atoms with Crippen LogP contribution < -0.4 is 5.32 Å². The number of aryl methyl sites for hydroxylation is 2. The van der Waals surface area contributed by atoms with E-state index in [1.165, 1.54) is 41.2 Å². The molecule has 0 bridgehead atoms. The van der Waals surface area contributed by atoms with E-state index < -0.39 is 0 Å². The van der Waals surface area contributed by atoms with E-state index in [9.17, 15) is 4.79 Å². The third-order valence-electron chi connectivity index (χ3n) is 3.69. The largest absolute Gasteiger partial charge is 0.297 e. The summed E-state index contributed by atoms with van der Waals surface area (Å²) in [7, 11) is 0. The van der Waals surface area contributed by atoms with Gasteiger partial charge in [0.05, 0.1) is 16.9 Å². The summed E-state index contributed by atoms with van der Waals surface area (Å²) in [6, 6.07) is 0. The molecule has 3 rings (SSSR count). The van der Waals surface area contributed by atoms with Crippen LogP contribution in [0.2, 0.25) is 0 Å². The fraction of sp³-hybridized carbons (Fsp3) is 0.562. The van der Waals surface area contributed by atoms with E-state index in [2.05, 4.69) is 36.1 Å². The number of nitrogens with zero attached hydrogens (tertiary/aromatic N) is 2. The molecule has 2 heterocycles. The number of carbonyl (C=O) groups excluding carboxylic acids is 1. The number of rotatable bonds is 2. The van der Waals surface area contributed by atoms with Crippen molar-refractivity contribution in [3.05, 3.63) is 26.7 Å². The molecule has 4 nitrogen and oxygen atoms in total. The van der Waals surface area contributed by atoms with Gasteiger partial charge in [0.1, 0.15) is 4.88 Å². The normalized spacial score (nSPS) is 15.2. The maximum atomic E-state index is 12.4. The molecule has 0 unspecified atom stereocenters. The molecule has 0 saturated heterocycles. The molecule has 0 saturated carbocycles. The molecule has 2 aromatic rings. The number of nitrogens with one attached hydrogen (secondary N) is 1. The van der Waals surface area contributed by atoms with Crippen LogP contribution in [-0.4, -0.2) is 15.9 Å². The predicted molar refractivity (Wildman–Crippen MR) is 92.1 cm³/mol. The minimum atomic E-state index is -0.100. The Labute approximate surface area is 139 Å². The van der Waals surface area contributed by atoms with Crippen LogP contribution in [0.3, 0.4) is 0 Å². The molecule has 0 fully saturated rings. The maximum absolute atomic E-state index is 12.4. The topological polar surface area (TPSA) is 54.9 Å². The van der Waals surface area contributed by atoms with Crippen molar-refractivity contribution in [1.82, 2.24) is 9.97 Å². The van der Waals surface area contributed by atoms with Crippen LogP contribution in [0.1, 0.15) is 65.3 Å². The van der Waals surface area contributed by atoms with Crippen LogP contribution in [0.25, 0.3) is 0 Å². The molecule has 1 aliphatic carbocycles. The Balaban J connectivity index is 1.73. The van der Waals surface area contributed by atoms with E-state index in [4.69, 9.17) is 0 Å². The Hall–Kier alpha value is -1.27. The van der Waals surface area contributed by atoms with Gasteiger partial charge in [-0.1, -0.05) is 27.2 Å². The number of hydrogen-bond donors (Lipinski definition) is 1. The summed E-state index contributed by atoms with van der Waals surface area (Å²) < 4.78 is 0. The first-order chi connectivity index (χ1) is 10.4. The van der Waals surface area contributed by atoms with Crippen LogP contribution in [0, 0.1) is 0 Å². The van der Waals surface area contributed by atoms with Gasteiger partial charge in [-0.2, -0.15) is 0 Å². The number of aromatic nitrogens is 2. The van der Waals surface area contributed by atoms with Gasteiger partial charge >= 0.3 is 0 Å². The molecule has 0 radical (unpaired) electrons. The average Bonchev–Trinajstić information content (AvgIpc) is 3.01. The summed E-state index contributed by atoms with van der Waals surface area (Å²) in [5.74, 6) is -0.100. The van der Waals surface area contributed by atoms with E-state index in [-0.39, 0.29) is 11.3 Å². The molecular formula is C16H21N3OS2. The predicted octanol–water partition coefficient (Wildman–Crippen LogP) is 4.42. The van der Waals surface area contributed by atoms with Crippen LogP contribution in [-0.2, 0) is 18.3 Å². The highest BCUT2D eigenvalue weighted by atomic mass is 32.1. The summed E-state index contributed by atoms with van der Waals surface area (Å²) in [6.45, 7) is 6.31. The summed E-state index contributed by atoms with van der Waals surface area (Å²) >= 11 is 3.08. The molecule has 6 heteroatoms. The lowest BCUT2D eigenvalue weighted by Gasteiger charge is -2.13. The highest BCUT2D eigenvalue weighted by Gasteiger charge is 2.21. The first-order valence-electron chi connectivity index (χ1n) is 7.70. The van der Waals surface area contributed by atoms with E-state index >= 15 is 0 Å². The molecule has 2 aromatic heterocycles. The molecule has 0 atom stereocenters. The fourth-order valence-corrected chi connectivity index (χ4v) is 4.38. The summed E-state index contributed by atoms with van der Waals surface area (Å²) in [5, 5.41) is 4.64. The molecule has 0 spiro atoms. The standard InChI is InChI=1S/C16H21N3OS2/c1-16(2,3)14-17-9-12(21-14)13(20)19-15-18-10-7-5-4-6-8-11(10)22-15/h9H,4-8H2,1-3H3,(H,18,19,20). The number of anilines is 1. The maximum Gasteiger partial charge on any atom is 0.269 e. The van der Waals surface area contributed by atoms with Crippen molar-refractivity contribution < 1.29 is 4.79 Å². The second-order valence-electron chi connectivity index (χ2n) is 6.68. The van der Waals surface area contributed by atoms with Gasteiger partial charge in [-0.3, -0.25) is 10.1 Å². The Bertz CT molecular complexity index is 658. The lowest BCUT2D eigenvalue weighted by Crippen LogP contribution is -2.11. The fourth-order valence-electron chi connectivity index (χ4n) is 2.47. The lowest BCUT2D eigenvalue weighted by molar-refractivity contribution is 0.103. The third kappa shape index (κ3) is 3.38. The molecule has 1 aliphatic rings. The molecular weight excluding hydrogens is 314 g/mol. The lowest BCUT2D eigenvalue weighted by atomic mass is 9.98. The van der Waals surface area contributed by atoms with Gasteiger partial charge in [-0.15, -0.1) is 22.7 Å². The summed E-state index contributed by atoms with van der Waals surface area (Å²) in [6.07, 6.45) is 7.51. The zero-order chi connectivity index (χ0) is 15.7. The van der Waals surface area contributed by atoms with Crippen molar-refractivity contribution in [3.8, 4) is 0 Å². The van der Waals surface area contributed by atoms with Crippen molar-refractivity contribution in [1.29, 1.82) is 0 Å². The Morgan fingerprint density at radius 2 is 1.95 bits per heavy atom. The first kappa shape index (κ1) is 15.6. The zero-order valence-corrected chi connectivity index (χ0v) is 14.9. The van der Waals surface area contributed by atoms with Crippen molar-refractivity contribution in [2.24, 2.45) is 0 Å². The van der Waals surface area contributed by atoms with E-state index in [1.54, 1.807) is 17.5 Å². The molecule has 1 N–H and O–H groups in total. The van der Waals surface area contributed by atoms with Crippen LogP contribution in [0.5, 0.6) is 0 Å². The molecule has 0 aromatic carbocycles. The average molecular weight is 335 g/mol. The number of fused-ring (bicyclic) bond motifs is 1. The molecule has 118 valence electrons. The summed E-state index contributed by atoms with van der Waals surface area (Å²) in [5.41, 5.74) is 1.15. The Morgan fingerprint density at radius 1 is 1.18 bits per heavy atom. The monoisotopic (exact) mass is 335 g/mol. The van der Waals surface area contributed by atoms with Gasteiger partial charge in [0.2, 0.25) is 0 Å². The number of carbonyl (C=O) groups is 1. The molecule has 0 aliphatic heterocycles. The van der Waals surface area contributed by atoms with Crippen LogP contribution >= 0.6 is 22.7 Å². The quantitative estimate of drug-likeness (QED) is 0.827. The van der Waals surface area contributed by atoms with Gasteiger partial charge in [-0.25, -0.2) is 9.97 Å². The second-order valence-corrected chi connectivity index (χ2v) is 8.80. The summed E-state index contributed by atoms with van der Waals surface area (Å²) in [4.78, 5) is 23.3. The van der Waals surface area contributed by atoms with Gasteiger partial charge in [0, 0.05) is 10.3 Å². The second kappa shape index (κ2) is 6.08. The smallest absolute Gasteiger partial charge is 0.269 e. The van der Waals surface area contributed by atoms with Gasteiger partial charge < -0.3 is 0 Å². The van der Waals surface area contributed by atoms with Gasteiger partial charge in [-0.05, 0) is 25.7 Å². The number of hydrogen-bond acceptors (Lipinski definition) is 5. The number of thiazole rings is 2. The Morgan fingerprint density at radius 3 is 2.68 bits per heavy atom. The van der Waals surface area contributed by atoms with Crippen LogP contribution in [0.4, 0.5) is 5.13 Å². The first-order valence-corrected chi connectivity index (χ1v) is 9.33. The minimum Gasteiger partial charge on any atom is -0.297 e. The van der Waals surface area contributed by atoms with E-state index in [0.29, 0.717) is 4.88 Å².